The smallest absolute Gasteiger partial charge is 0.407 e. The molecule has 1 aromatic rings. The number of carbonyl (C=O) groups excluding carboxylic acids is 1. The van der Waals surface area contributed by atoms with Gasteiger partial charge in [-0.15, -0.1) is 0 Å². The molecule has 0 aromatic carbocycles. The number of allylic oxidation sites excluding steroid dienone is 1. The van der Waals surface area contributed by atoms with Gasteiger partial charge in [-0.2, -0.15) is 0 Å². The van der Waals surface area contributed by atoms with Crippen molar-refractivity contribution in [3.8, 4) is 0 Å². The molecule has 0 atom stereocenters. The SMILES string of the molecule is CCC/C=C/CNC(=O)OCCCc1cnc[nH]1.O=C(O)/C=C\C(=O)O. The van der Waals surface area contributed by atoms with E-state index < -0.39 is 11.9 Å². The van der Waals surface area contributed by atoms with Gasteiger partial charge < -0.3 is 25.3 Å². The second kappa shape index (κ2) is 15.4. The van der Waals surface area contributed by atoms with Crippen molar-refractivity contribution in [2.45, 2.75) is 32.6 Å². The number of carboxylic acids is 2. The zero-order valence-electron chi connectivity index (χ0n) is 14.7. The number of carboxylic acid groups (broad SMARTS) is 2. The molecule has 1 amide bonds. The van der Waals surface area contributed by atoms with E-state index in [1.165, 1.54) is 0 Å². The van der Waals surface area contributed by atoms with Gasteiger partial charge in [0.2, 0.25) is 0 Å². The van der Waals surface area contributed by atoms with Crippen LogP contribution in [-0.2, 0) is 20.7 Å². The second-order valence-electron chi connectivity index (χ2n) is 4.97. The molecule has 0 aliphatic heterocycles. The van der Waals surface area contributed by atoms with Crippen molar-refractivity contribution in [3.63, 3.8) is 0 Å². The molecule has 0 aliphatic rings. The summed E-state index contributed by atoms with van der Waals surface area (Å²) in [5, 5.41) is 18.3. The van der Waals surface area contributed by atoms with Crippen molar-refractivity contribution >= 4 is 18.0 Å². The summed E-state index contributed by atoms with van der Waals surface area (Å²) in [7, 11) is 0. The van der Waals surface area contributed by atoms with Crippen LogP contribution in [0.1, 0.15) is 31.9 Å². The minimum Gasteiger partial charge on any atom is -0.478 e. The molecule has 1 aromatic heterocycles. The van der Waals surface area contributed by atoms with Gasteiger partial charge >= 0.3 is 18.0 Å². The van der Waals surface area contributed by atoms with Gasteiger partial charge in [-0.05, 0) is 19.3 Å². The normalized spacial score (nSPS) is 10.3. The third kappa shape index (κ3) is 15.8. The lowest BCUT2D eigenvalue weighted by Crippen LogP contribution is -2.24. The van der Waals surface area contributed by atoms with E-state index in [-0.39, 0.29) is 6.09 Å². The first kappa shape index (κ1) is 22.9. The van der Waals surface area contributed by atoms with Crippen LogP contribution in [0.5, 0.6) is 0 Å². The molecule has 0 bridgehead atoms. The molecule has 0 radical (unpaired) electrons. The van der Waals surface area contributed by atoms with E-state index in [2.05, 4.69) is 28.3 Å². The maximum absolute atomic E-state index is 11.2. The molecule has 4 N–H and O–H groups in total. The quantitative estimate of drug-likeness (QED) is 0.282. The molecule has 0 unspecified atom stereocenters. The Kier molecular flexibility index (Phi) is 13.6. The fourth-order valence-corrected chi connectivity index (χ4v) is 1.55. The summed E-state index contributed by atoms with van der Waals surface area (Å²) in [5.41, 5.74) is 1.06. The molecule has 9 heteroatoms. The van der Waals surface area contributed by atoms with Crippen molar-refractivity contribution in [3.05, 3.63) is 42.5 Å². The van der Waals surface area contributed by atoms with Crippen LogP contribution < -0.4 is 5.32 Å². The molecule has 9 nitrogen and oxygen atoms in total. The first-order chi connectivity index (χ1) is 12.5. The van der Waals surface area contributed by atoms with Crippen LogP contribution in [0.15, 0.2) is 36.8 Å². The fourth-order valence-electron chi connectivity index (χ4n) is 1.55. The molecule has 0 spiro atoms. The summed E-state index contributed by atoms with van der Waals surface area (Å²) in [6, 6.07) is 0. The third-order valence-corrected chi connectivity index (χ3v) is 2.73. The number of unbranched alkanes of at least 4 members (excludes halogenated alkanes) is 1. The Balaban J connectivity index is 0.000000660. The first-order valence-electron chi connectivity index (χ1n) is 8.12. The Morgan fingerprint density at radius 3 is 2.46 bits per heavy atom. The maximum Gasteiger partial charge on any atom is 0.407 e. The van der Waals surface area contributed by atoms with E-state index in [9.17, 15) is 14.4 Å². The topological polar surface area (TPSA) is 142 Å². The van der Waals surface area contributed by atoms with E-state index in [1.54, 1.807) is 12.5 Å². The lowest BCUT2D eigenvalue weighted by molar-refractivity contribution is -0.134. The average Bonchev–Trinajstić information content (AvgIpc) is 3.11. The zero-order valence-corrected chi connectivity index (χ0v) is 14.7. The molecule has 0 fully saturated rings. The zero-order chi connectivity index (χ0) is 19.6. The molecule has 144 valence electrons. The number of hydrogen-bond donors (Lipinski definition) is 4. The number of rotatable bonds is 10. The van der Waals surface area contributed by atoms with Crippen molar-refractivity contribution < 1.29 is 29.3 Å². The monoisotopic (exact) mass is 367 g/mol. The standard InChI is InChI=1S/C13H21N3O2.C4H4O4/c1-2-3-4-5-8-15-13(17)18-9-6-7-12-10-14-11-16-12;5-3(6)1-2-4(7)8/h4-5,10-11H,2-3,6-9H2,1H3,(H,14,16)(H,15,17);1-2H,(H,5,6)(H,7,8)/b5-4+;2-1-. The molecule has 0 aliphatic carbocycles. The fraction of sp³-hybridized carbons (Fsp3) is 0.412. The second-order valence-corrected chi connectivity index (χ2v) is 4.97. The summed E-state index contributed by atoms with van der Waals surface area (Å²) in [6.07, 6.45) is 12.0. The minimum absolute atomic E-state index is 0.360. The number of aromatic amines is 1. The molecule has 1 rings (SSSR count). The molecular weight excluding hydrogens is 342 g/mol. The predicted octanol–water partition coefficient (Wildman–Crippen LogP) is 2.14. The molecule has 0 saturated heterocycles. The lowest BCUT2D eigenvalue weighted by Gasteiger charge is -2.04. The van der Waals surface area contributed by atoms with E-state index in [0.29, 0.717) is 25.3 Å². The Bertz CT molecular complexity index is 565. The van der Waals surface area contributed by atoms with Gasteiger partial charge in [0.05, 0.1) is 12.9 Å². The number of aromatic nitrogens is 2. The summed E-state index contributed by atoms with van der Waals surface area (Å²) < 4.78 is 5.03. The van der Waals surface area contributed by atoms with Gasteiger partial charge in [0.25, 0.3) is 0 Å². The highest BCUT2D eigenvalue weighted by molar-refractivity contribution is 5.89. The van der Waals surface area contributed by atoms with Crippen LogP contribution in [0, 0.1) is 0 Å². The molecule has 0 saturated carbocycles. The van der Waals surface area contributed by atoms with E-state index in [1.807, 2.05) is 6.08 Å². The Hall–Kier alpha value is -3.10. The van der Waals surface area contributed by atoms with Crippen LogP contribution in [0.3, 0.4) is 0 Å². The molecule has 26 heavy (non-hydrogen) atoms. The first-order valence-corrected chi connectivity index (χ1v) is 8.12. The van der Waals surface area contributed by atoms with Crippen molar-refractivity contribution in [1.82, 2.24) is 15.3 Å². The third-order valence-electron chi connectivity index (χ3n) is 2.73. The Labute approximate surface area is 151 Å². The van der Waals surface area contributed by atoms with Crippen molar-refractivity contribution in [1.29, 1.82) is 0 Å². The van der Waals surface area contributed by atoms with Gasteiger partial charge in [-0.25, -0.2) is 19.4 Å². The molecular formula is C17H25N3O6. The summed E-state index contributed by atoms with van der Waals surface area (Å²) in [6.45, 7) is 3.06. The van der Waals surface area contributed by atoms with Gasteiger partial charge in [0.1, 0.15) is 0 Å². The number of aryl methyl sites for hydroxylation is 1. The van der Waals surface area contributed by atoms with E-state index in [4.69, 9.17) is 14.9 Å². The minimum atomic E-state index is -1.26. The van der Waals surface area contributed by atoms with E-state index >= 15 is 0 Å². The maximum atomic E-state index is 11.2. The number of amides is 1. The highest BCUT2D eigenvalue weighted by Crippen LogP contribution is 1.97. The van der Waals surface area contributed by atoms with Crippen LogP contribution in [0.4, 0.5) is 4.79 Å². The van der Waals surface area contributed by atoms with Gasteiger partial charge in [0, 0.05) is 30.6 Å². The number of hydrogen-bond acceptors (Lipinski definition) is 5. The molecule has 1 heterocycles. The number of ether oxygens (including phenoxy) is 1. The van der Waals surface area contributed by atoms with Crippen LogP contribution in [0.25, 0.3) is 0 Å². The Morgan fingerprint density at radius 1 is 1.23 bits per heavy atom. The summed E-state index contributed by atoms with van der Waals surface area (Å²) in [4.78, 5) is 37.3. The average molecular weight is 367 g/mol. The van der Waals surface area contributed by atoms with Gasteiger partial charge in [0.15, 0.2) is 0 Å². The highest BCUT2D eigenvalue weighted by Gasteiger charge is 2.00. The van der Waals surface area contributed by atoms with Crippen molar-refractivity contribution in [2.75, 3.05) is 13.2 Å². The highest BCUT2D eigenvalue weighted by atomic mass is 16.5. The van der Waals surface area contributed by atoms with Crippen LogP contribution >= 0.6 is 0 Å². The van der Waals surface area contributed by atoms with Crippen LogP contribution in [-0.4, -0.2) is 51.4 Å². The lowest BCUT2D eigenvalue weighted by atomic mass is 10.3. The summed E-state index contributed by atoms with van der Waals surface area (Å²) >= 11 is 0. The number of nitrogens with zero attached hydrogens (tertiary/aromatic N) is 1. The number of alkyl carbamates (subject to hydrolysis) is 1. The van der Waals surface area contributed by atoms with E-state index in [0.717, 1.165) is 31.4 Å². The number of H-pyrrole nitrogens is 1. The van der Waals surface area contributed by atoms with Crippen LogP contribution in [0.2, 0.25) is 0 Å². The van der Waals surface area contributed by atoms with Gasteiger partial charge in [-0.1, -0.05) is 25.5 Å². The number of carbonyl (C=O) groups is 3. The number of aliphatic carboxylic acids is 2. The number of imidazole rings is 1. The number of nitrogens with one attached hydrogen (secondary N) is 2. The van der Waals surface area contributed by atoms with Crippen molar-refractivity contribution in [2.24, 2.45) is 0 Å². The van der Waals surface area contributed by atoms with Gasteiger partial charge in [-0.3, -0.25) is 0 Å². The largest absolute Gasteiger partial charge is 0.478 e. The Morgan fingerprint density at radius 2 is 1.92 bits per heavy atom. The summed E-state index contributed by atoms with van der Waals surface area (Å²) in [5.74, 6) is -2.51. The predicted molar refractivity (Wildman–Crippen MR) is 94.7 cm³/mol.